The molecule has 0 unspecified atom stereocenters. The van der Waals surface area contributed by atoms with Crippen molar-refractivity contribution in [2.24, 2.45) is 0 Å². The third-order valence-corrected chi connectivity index (χ3v) is 2.53. The highest BCUT2D eigenvalue weighted by molar-refractivity contribution is 5.66. The summed E-state index contributed by atoms with van der Waals surface area (Å²) >= 11 is 0. The molecule has 12 heavy (non-hydrogen) atoms. The topological polar surface area (TPSA) is 40.5 Å². The largest absolute Gasteiger partial charge is 0.481 e. The van der Waals surface area contributed by atoms with Gasteiger partial charge in [0.05, 0.1) is 0 Å². The van der Waals surface area contributed by atoms with E-state index in [1.807, 2.05) is 0 Å². The van der Waals surface area contributed by atoms with Gasteiger partial charge in [-0.05, 0) is 39.3 Å². The van der Waals surface area contributed by atoms with Crippen LogP contribution < -0.4 is 0 Å². The van der Waals surface area contributed by atoms with Crippen LogP contribution in [-0.4, -0.2) is 35.1 Å². The minimum Gasteiger partial charge on any atom is -0.481 e. The molecule has 3 nitrogen and oxygen atoms in total. The molecule has 1 heterocycles. The SMILES string of the molecule is C[C@@H]1CCCN1CCCC(=O)O. The number of hydrogen-bond acceptors (Lipinski definition) is 2. The van der Waals surface area contributed by atoms with E-state index in [0.717, 1.165) is 19.5 Å². The van der Waals surface area contributed by atoms with Gasteiger partial charge in [0.15, 0.2) is 0 Å². The second kappa shape index (κ2) is 4.45. The summed E-state index contributed by atoms with van der Waals surface area (Å²) in [6.07, 6.45) is 3.64. The minimum atomic E-state index is -0.679. The van der Waals surface area contributed by atoms with Gasteiger partial charge in [0.2, 0.25) is 0 Å². The molecule has 1 N–H and O–H groups in total. The van der Waals surface area contributed by atoms with E-state index in [1.54, 1.807) is 0 Å². The van der Waals surface area contributed by atoms with Crippen LogP contribution in [0.15, 0.2) is 0 Å². The first-order chi connectivity index (χ1) is 5.70. The van der Waals surface area contributed by atoms with Gasteiger partial charge in [-0.2, -0.15) is 0 Å². The summed E-state index contributed by atoms with van der Waals surface area (Å²) in [7, 11) is 0. The minimum absolute atomic E-state index is 0.309. The van der Waals surface area contributed by atoms with Gasteiger partial charge >= 0.3 is 5.97 Å². The number of likely N-dealkylation sites (tertiary alicyclic amines) is 1. The second-order valence-electron chi connectivity index (χ2n) is 3.52. The smallest absolute Gasteiger partial charge is 0.303 e. The average Bonchev–Trinajstić information content (AvgIpc) is 2.36. The summed E-state index contributed by atoms with van der Waals surface area (Å²) in [6.45, 7) is 4.32. The molecule has 1 aliphatic rings. The molecule has 3 heteroatoms. The molecule has 0 amide bonds. The lowest BCUT2D eigenvalue weighted by Gasteiger charge is -2.19. The normalized spacial score (nSPS) is 24.6. The molecule has 1 saturated heterocycles. The number of aliphatic carboxylic acids is 1. The van der Waals surface area contributed by atoms with Crippen LogP contribution in [-0.2, 0) is 4.79 Å². The van der Waals surface area contributed by atoms with Crippen LogP contribution in [0, 0.1) is 0 Å². The van der Waals surface area contributed by atoms with Gasteiger partial charge in [-0.1, -0.05) is 0 Å². The number of carboxylic acids is 1. The van der Waals surface area contributed by atoms with Crippen molar-refractivity contribution in [2.75, 3.05) is 13.1 Å². The van der Waals surface area contributed by atoms with Crippen LogP contribution in [0.2, 0.25) is 0 Å². The monoisotopic (exact) mass is 171 g/mol. The molecule has 0 saturated carbocycles. The summed E-state index contributed by atoms with van der Waals surface area (Å²) in [5.41, 5.74) is 0. The maximum atomic E-state index is 10.2. The quantitative estimate of drug-likeness (QED) is 0.693. The Morgan fingerprint density at radius 3 is 2.92 bits per heavy atom. The standard InChI is InChI=1S/C9H17NO2/c1-8-4-2-6-10(8)7-3-5-9(11)12/h8H,2-7H2,1H3,(H,11,12)/t8-/m1/s1. The van der Waals surface area contributed by atoms with E-state index in [9.17, 15) is 4.79 Å². The van der Waals surface area contributed by atoms with Crippen molar-refractivity contribution in [3.05, 3.63) is 0 Å². The van der Waals surface area contributed by atoms with E-state index < -0.39 is 5.97 Å². The summed E-state index contributed by atoms with van der Waals surface area (Å²) in [6, 6.07) is 0.666. The zero-order chi connectivity index (χ0) is 8.97. The molecule has 0 aromatic rings. The maximum Gasteiger partial charge on any atom is 0.303 e. The lowest BCUT2D eigenvalue weighted by Crippen LogP contribution is -2.28. The van der Waals surface area contributed by atoms with Crippen LogP contribution in [0.25, 0.3) is 0 Å². The van der Waals surface area contributed by atoms with E-state index in [2.05, 4.69) is 11.8 Å². The highest BCUT2D eigenvalue weighted by Gasteiger charge is 2.19. The average molecular weight is 171 g/mol. The fourth-order valence-corrected chi connectivity index (χ4v) is 1.76. The number of rotatable bonds is 4. The van der Waals surface area contributed by atoms with Crippen LogP contribution >= 0.6 is 0 Å². The molecular weight excluding hydrogens is 154 g/mol. The predicted octanol–water partition coefficient (Wildman–Crippen LogP) is 1.34. The highest BCUT2D eigenvalue weighted by Crippen LogP contribution is 2.16. The van der Waals surface area contributed by atoms with Crippen molar-refractivity contribution in [1.29, 1.82) is 0 Å². The van der Waals surface area contributed by atoms with Gasteiger partial charge in [0.25, 0.3) is 0 Å². The van der Waals surface area contributed by atoms with E-state index in [-0.39, 0.29) is 0 Å². The fourth-order valence-electron chi connectivity index (χ4n) is 1.76. The third-order valence-electron chi connectivity index (χ3n) is 2.53. The Kier molecular flexibility index (Phi) is 3.53. The third kappa shape index (κ3) is 2.81. The van der Waals surface area contributed by atoms with Crippen LogP contribution in [0.4, 0.5) is 0 Å². The number of nitrogens with zero attached hydrogens (tertiary/aromatic N) is 1. The maximum absolute atomic E-state index is 10.2. The Labute approximate surface area is 73.4 Å². The molecule has 1 rings (SSSR count). The first-order valence-corrected chi connectivity index (χ1v) is 4.66. The Bertz CT molecular complexity index is 159. The Morgan fingerprint density at radius 1 is 1.67 bits per heavy atom. The Morgan fingerprint density at radius 2 is 2.42 bits per heavy atom. The number of carbonyl (C=O) groups is 1. The number of hydrogen-bond donors (Lipinski definition) is 1. The summed E-state index contributed by atoms with van der Waals surface area (Å²) < 4.78 is 0. The van der Waals surface area contributed by atoms with Gasteiger partial charge < -0.3 is 10.0 Å². The van der Waals surface area contributed by atoms with Gasteiger partial charge in [-0.3, -0.25) is 4.79 Å². The Hall–Kier alpha value is -0.570. The zero-order valence-corrected chi connectivity index (χ0v) is 7.62. The lowest BCUT2D eigenvalue weighted by molar-refractivity contribution is -0.137. The summed E-state index contributed by atoms with van der Waals surface area (Å²) in [4.78, 5) is 12.6. The molecule has 1 aliphatic heterocycles. The van der Waals surface area contributed by atoms with Crippen molar-refractivity contribution in [3.8, 4) is 0 Å². The predicted molar refractivity (Wildman–Crippen MR) is 47.1 cm³/mol. The van der Waals surface area contributed by atoms with Crippen LogP contribution in [0.5, 0.6) is 0 Å². The van der Waals surface area contributed by atoms with Crippen molar-refractivity contribution in [2.45, 2.75) is 38.6 Å². The van der Waals surface area contributed by atoms with Crippen molar-refractivity contribution >= 4 is 5.97 Å². The molecule has 0 aliphatic carbocycles. The van der Waals surface area contributed by atoms with Gasteiger partial charge in [0, 0.05) is 12.5 Å². The van der Waals surface area contributed by atoms with E-state index in [0.29, 0.717) is 12.5 Å². The molecular formula is C9H17NO2. The molecule has 1 atom stereocenters. The molecule has 0 aromatic heterocycles. The molecule has 0 spiro atoms. The first kappa shape index (κ1) is 9.52. The van der Waals surface area contributed by atoms with Crippen molar-refractivity contribution in [3.63, 3.8) is 0 Å². The summed E-state index contributed by atoms with van der Waals surface area (Å²) in [5.74, 6) is -0.679. The fraction of sp³-hybridized carbons (Fsp3) is 0.889. The van der Waals surface area contributed by atoms with E-state index >= 15 is 0 Å². The molecule has 70 valence electrons. The van der Waals surface area contributed by atoms with Gasteiger partial charge in [0.1, 0.15) is 0 Å². The molecule has 1 fully saturated rings. The van der Waals surface area contributed by atoms with E-state index in [4.69, 9.17) is 5.11 Å². The van der Waals surface area contributed by atoms with Crippen molar-refractivity contribution < 1.29 is 9.90 Å². The molecule has 0 bridgehead atoms. The first-order valence-electron chi connectivity index (χ1n) is 4.66. The molecule has 0 radical (unpaired) electrons. The highest BCUT2D eigenvalue weighted by atomic mass is 16.4. The van der Waals surface area contributed by atoms with E-state index in [1.165, 1.54) is 12.8 Å². The van der Waals surface area contributed by atoms with Crippen LogP contribution in [0.1, 0.15) is 32.6 Å². The lowest BCUT2D eigenvalue weighted by atomic mass is 10.2. The number of carboxylic acid groups (broad SMARTS) is 1. The summed E-state index contributed by atoms with van der Waals surface area (Å²) in [5, 5.41) is 8.43. The Balaban J connectivity index is 2.10. The van der Waals surface area contributed by atoms with Crippen molar-refractivity contribution in [1.82, 2.24) is 4.90 Å². The van der Waals surface area contributed by atoms with Crippen LogP contribution in [0.3, 0.4) is 0 Å². The second-order valence-corrected chi connectivity index (χ2v) is 3.52. The van der Waals surface area contributed by atoms with Gasteiger partial charge in [-0.25, -0.2) is 0 Å². The van der Waals surface area contributed by atoms with Gasteiger partial charge in [-0.15, -0.1) is 0 Å². The molecule has 0 aromatic carbocycles. The zero-order valence-electron chi connectivity index (χ0n) is 7.62.